The van der Waals surface area contributed by atoms with Gasteiger partial charge in [0.15, 0.2) is 0 Å². The second-order valence-corrected chi connectivity index (χ2v) is 8.57. The van der Waals surface area contributed by atoms with E-state index in [9.17, 15) is 18.1 Å². The Morgan fingerprint density at radius 2 is 1.85 bits per heavy atom. The predicted octanol–water partition coefficient (Wildman–Crippen LogP) is 4.88. The van der Waals surface area contributed by atoms with Crippen LogP contribution in [0.3, 0.4) is 0 Å². The molecule has 0 unspecified atom stereocenters. The zero-order valence-electron chi connectivity index (χ0n) is 15.2. The monoisotopic (exact) mass is 455 g/mol. The van der Waals surface area contributed by atoms with E-state index in [-0.39, 0.29) is 23.5 Å². The van der Waals surface area contributed by atoms with Crippen LogP contribution in [0.5, 0.6) is 0 Å². The Kier molecular flexibility index (Phi) is 9.55. The van der Waals surface area contributed by atoms with Gasteiger partial charge in [0.25, 0.3) is 0 Å². The third-order valence-corrected chi connectivity index (χ3v) is 6.33. The summed E-state index contributed by atoms with van der Waals surface area (Å²) in [5.74, 6) is 0.111. The van der Waals surface area contributed by atoms with Gasteiger partial charge in [-0.05, 0) is 45.4 Å². The molecule has 5 nitrogen and oxygen atoms in total. The van der Waals surface area contributed by atoms with Crippen LogP contribution < -0.4 is 5.32 Å². The van der Waals surface area contributed by atoms with Crippen molar-refractivity contribution in [1.82, 2.24) is 5.32 Å². The van der Waals surface area contributed by atoms with Gasteiger partial charge in [-0.25, -0.2) is 0 Å². The molecule has 1 rings (SSSR count). The van der Waals surface area contributed by atoms with Crippen LogP contribution in [0.4, 0.5) is 8.78 Å². The van der Waals surface area contributed by atoms with Crippen molar-refractivity contribution in [3.05, 3.63) is 33.8 Å². The largest absolute Gasteiger partial charge is 0.404 e. The van der Waals surface area contributed by atoms with Crippen LogP contribution in [-0.4, -0.2) is 32.1 Å². The van der Waals surface area contributed by atoms with Crippen LogP contribution in [0.2, 0.25) is 0 Å². The molecule has 0 fully saturated rings. The highest BCUT2D eigenvalue weighted by atomic mass is 79.9. The average molecular weight is 456 g/mol. The Morgan fingerprint density at radius 3 is 2.35 bits per heavy atom. The van der Waals surface area contributed by atoms with E-state index in [2.05, 4.69) is 21.2 Å². The summed E-state index contributed by atoms with van der Waals surface area (Å²) in [6.45, 7) is 5.41. The van der Waals surface area contributed by atoms with Gasteiger partial charge in [-0.2, -0.15) is 8.78 Å². The third-order valence-electron chi connectivity index (χ3n) is 3.54. The smallest absolute Gasteiger partial charge is 0.316 e. The predicted molar refractivity (Wildman–Crippen MR) is 101 cm³/mol. The van der Waals surface area contributed by atoms with E-state index in [1.807, 2.05) is 0 Å². The molecule has 0 spiro atoms. The van der Waals surface area contributed by atoms with Crippen molar-refractivity contribution in [2.45, 2.75) is 39.3 Å². The van der Waals surface area contributed by atoms with Crippen LogP contribution in [0.1, 0.15) is 38.3 Å². The molecule has 1 N–H and O–H groups in total. The molecule has 1 aromatic rings. The summed E-state index contributed by atoms with van der Waals surface area (Å²) < 4.78 is 51.9. The van der Waals surface area contributed by atoms with E-state index < -0.39 is 18.8 Å². The molecule has 0 saturated heterocycles. The molecule has 9 heteroatoms. The van der Waals surface area contributed by atoms with Gasteiger partial charge in [-0.1, -0.05) is 28.1 Å². The summed E-state index contributed by atoms with van der Waals surface area (Å²) in [4.78, 5) is 10.9. The SMILES string of the molecule is CCOP(=O)(OCC)C(F)(F)c1ccc(CCNCCC(C)=O)cc1Br. The molecule has 0 aliphatic rings. The standard InChI is InChI=1S/C17H25BrF2NO4P/c1-4-24-26(23,25-5-2)17(19,20)15-7-6-14(12-16(15)18)9-11-21-10-8-13(3)22/h6-7,12,21H,4-5,8-11H2,1-3H3. The van der Waals surface area contributed by atoms with E-state index in [1.54, 1.807) is 12.1 Å². The minimum atomic E-state index is -4.63. The Morgan fingerprint density at radius 1 is 1.23 bits per heavy atom. The van der Waals surface area contributed by atoms with Crippen molar-refractivity contribution in [1.29, 1.82) is 0 Å². The molecule has 0 aliphatic carbocycles. The van der Waals surface area contributed by atoms with Gasteiger partial charge in [-0.3, -0.25) is 9.36 Å². The summed E-state index contributed by atoms with van der Waals surface area (Å²) in [7, 11) is -4.63. The maximum atomic E-state index is 14.8. The van der Waals surface area contributed by atoms with Crippen molar-refractivity contribution in [2.75, 3.05) is 26.3 Å². The zero-order chi connectivity index (χ0) is 19.8. The number of hydrogen-bond donors (Lipinski definition) is 1. The third kappa shape index (κ3) is 6.20. The molecule has 0 atom stereocenters. The second kappa shape index (κ2) is 10.6. The van der Waals surface area contributed by atoms with Gasteiger partial charge in [0, 0.05) is 23.0 Å². The van der Waals surface area contributed by atoms with Crippen LogP contribution in [-0.2, 0) is 30.5 Å². The molecule has 0 aliphatic heterocycles. The van der Waals surface area contributed by atoms with E-state index in [0.717, 1.165) is 5.56 Å². The lowest BCUT2D eigenvalue weighted by Crippen LogP contribution is -2.21. The number of halogens is 3. The lowest BCUT2D eigenvalue weighted by Gasteiger charge is -2.26. The van der Waals surface area contributed by atoms with Crippen LogP contribution in [0, 0.1) is 0 Å². The molecule has 0 amide bonds. The maximum Gasteiger partial charge on any atom is 0.404 e. The Labute approximate surface area is 161 Å². The summed E-state index contributed by atoms with van der Waals surface area (Å²) in [6.07, 6.45) is 1.07. The first-order valence-corrected chi connectivity index (χ1v) is 10.8. The number of Topliss-reactive ketones (excluding diaryl/α,β-unsaturated/α-hetero) is 1. The zero-order valence-corrected chi connectivity index (χ0v) is 17.7. The summed E-state index contributed by atoms with van der Waals surface area (Å²) in [5.41, 5.74) is -3.37. The molecule has 26 heavy (non-hydrogen) atoms. The van der Waals surface area contributed by atoms with Crippen molar-refractivity contribution in [2.24, 2.45) is 0 Å². The molecule has 0 heterocycles. The number of hydrogen-bond acceptors (Lipinski definition) is 5. The van der Waals surface area contributed by atoms with E-state index in [0.29, 0.717) is 25.9 Å². The fourth-order valence-corrected chi connectivity index (χ4v) is 4.66. The summed E-state index contributed by atoms with van der Waals surface area (Å²) in [6, 6.07) is 4.36. The highest BCUT2D eigenvalue weighted by molar-refractivity contribution is 9.10. The quantitative estimate of drug-likeness (QED) is 0.359. The highest BCUT2D eigenvalue weighted by Gasteiger charge is 2.55. The van der Waals surface area contributed by atoms with Crippen LogP contribution in [0.25, 0.3) is 0 Å². The number of benzene rings is 1. The number of rotatable bonds is 12. The number of alkyl halides is 2. The molecule has 0 aromatic heterocycles. The summed E-state index contributed by atoms with van der Waals surface area (Å²) in [5, 5.41) is 3.12. The van der Waals surface area contributed by atoms with Crippen molar-refractivity contribution in [3.8, 4) is 0 Å². The maximum absolute atomic E-state index is 14.8. The first-order chi connectivity index (χ1) is 12.2. The molecular formula is C17H25BrF2NO4P. The molecule has 148 valence electrons. The van der Waals surface area contributed by atoms with Crippen molar-refractivity contribution < 1.29 is 27.2 Å². The number of ketones is 1. The second-order valence-electron chi connectivity index (χ2n) is 5.64. The summed E-state index contributed by atoms with van der Waals surface area (Å²) >= 11 is 3.14. The van der Waals surface area contributed by atoms with Gasteiger partial charge in [0.05, 0.1) is 13.2 Å². The van der Waals surface area contributed by atoms with Crippen LogP contribution >= 0.6 is 23.5 Å². The highest BCUT2D eigenvalue weighted by Crippen LogP contribution is 2.67. The van der Waals surface area contributed by atoms with E-state index >= 15 is 0 Å². The van der Waals surface area contributed by atoms with Crippen molar-refractivity contribution in [3.63, 3.8) is 0 Å². The normalized spacial score (nSPS) is 12.4. The number of carbonyl (C=O) groups excluding carboxylic acids is 1. The van der Waals surface area contributed by atoms with Crippen LogP contribution in [0.15, 0.2) is 22.7 Å². The Bertz CT molecular complexity index is 648. The molecule has 0 radical (unpaired) electrons. The Balaban J connectivity index is 2.87. The lowest BCUT2D eigenvalue weighted by atomic mass is 10.1. The molecule has 1 aromatic carbocycles. The number of carbonyl (C=O) groups is 1. The molecular weight excluding hydrogens is 431 g/mol. The fraction of sp³-hybridized carbons (Fsp3) is 0.588. The average Bonchev–Trinajstić information content (AvgIpc) is 2.54. The minimum Gasteiger partial charge on any atom is -0.316 e. The lowest BCUT2D eigenvalue weighted by molar-refractivity contribution is -0.116. The van der Waals surface area contributed by atoms with Gasteiger partial charge >= 0.3 is 13.3 Å². The van der Waals surface area contributed by atoms with Gasteiger partial charge in [-0.15, -0.1) is 0 Å². The fourth-order valence-electron chi connectivity index (χ4n) is 2.27. The topological polar surface area (TPSA) is 64.6 Å². The first kappa shape index (κ1) is 23.4. The van der Waals surface area contributed by atoms with Gasteiger partial charge in [0.1, 0.15) is 5.78 Å². The molecule has 0 bridgehead atoms. The first-order valence-electron chi connectivity index (χ1n) is 8.44. The molecule has 0 saturated carbocycles. The van der Waals surface area contributed by atoms with E-state index in [4.69, 9.17) is 9.05 Å². The van der Waals surface area contributed by atoms with Crippen molar-refractivity contribution >= 4 is 29.3 Å². The number of nitrogens with one attached hydrogen (secondary N) is 1. The Hall–Kier alpha value is -0.660. The van der Waals surface area contributed by atoms with E-state index in [1.165, 1.54) is 26.8 Å². The van der Waals surface area contributed by atoms with Gasteiger partial charge in [0.2, 0.25) is 0 Å². The minimum absolute atomic E-state index is 0.111. The van der Waals surface area contributed by atoms with Gasteiger partial charge < -0.3 is 14.4 Å².